The van der Waals surface area contributed by atoms with Crippen LogP contribution in [0.2, 0.25) is 0 Å². The molecular formula is C28H24N2O7S. The molecule has 4 aromatic rings. The van der Waals surface area contributed by atoms with Crippen molar-refractivity contribution < 1.29 is 33.6 Å². The third-order valence-corrected chi connectivity index (χ3v) is 8.86. The number of ether oxygens (including phenoxy) is 5. The van der Waals surface area contributed by atoms with Gasteiger partial charge in [-0.05, 0) is 53.1 Å². The van der Waals surface area contributed by atoms with Gasteiger partial charge in [0.1, 0.15) is 0 Å². The first-order valence-corrected chi connectivity index (χ1v) is 13.1. The fraction of sp³-hybridized carbons (Fsp3) is 0.286. The number of carbonyl (C=O) groups is 1. The number of rotatable bonds is 5. The number of phenols is 1. The zero-order valence-corrected chi connectivity index (χ0v) is 21.4. The Morgan fingerprint density at radius 1 is 1.00 bits per heavy atom. The summed E-state index contributed by atoms with van der Waals surface area (Å²) < 4.78 is 28.1. The second-order valence-electron chi connectivity index (χ2n) is 9.50. The number of aromatic hydroxyl groups is 1. The number of cyclic esters (lactones) is 1. The highest BCUT2D eigenvalue weighted by Gasteiger charge is 2.53. The summed E-state index contributed by atoms with van der Waals surface area (Å²) >= 11 is 1.59. The standard InChI is InChI=1S/C28H24N2O7S/c1-33-21-7-13(8-22(34-2)25(21)31)23-14-9-19-20(37-12-36-19)10-15(14)26(16-11-35-27(32)24(16)23)38-28-29-17-5-3-4-6-18(17)30-28/h3-10,16,23-24,26,31H,11-12H2,1-2H3,(H,29,30)/t16-,23+,24-,26+/m0/s1. The van der Waals surface area contributed by atoms with Gasteiger partial charge in [-0.2, -0.15) is 0 Å². The molecule has 1 fully saturated rings. The van der Waals surface area contributed by atoms with Crippen LogP contribution in [0.3, 0.4) is 0 Å². The van der Waals surface area contributed by atoms with Crippen LogP contribution in [-0.4, -0.2) is 48.7 Å². The van der Waals surface area contributed by atoms with Crippen molar-refractivity contribution in [3.63, 3.8) is 0 Å². The summed E-state index contributed by atoms with van der Waals surface area (Å²) in [7, 11) is 2.97. The number of aromatic amines is 1. The predicted octanol–water partition coefficient (Wildman–Crippen LogP) is 4.78. The van der Waals surface area contributed by atoms with E-state index < -0.39 is 5.92 Å². The zero-order chi connectivity index (χ0) is 26.0. The minimum atomic E-state index is -0.469. The third-order valence-electron chi connectivity index (χ3n) is 7.59. The number of phenolic OH excluding ortho intramolecular Hbond substituents is 1. The molecule has 0 amide bonds. The van der Waals surface area contributed by atoms with Crippen molar-refractivity contribution in [3.05, 3.63) is 65.2 Å². The van der Waals surface area contributed by atoms with Crippen LogP contribution in [0, 0.1) is 11.8 Å². The number of methoxy groups -OCH3 is 2. The molecule has 0 spiro atoms. The van der Waals surface area contributed by atoms with E-state index in [1.165, 1.54) is 14.2 Å². The lowest BCUT2D eigenvalue weighted by molar-refractivity contribution is -0.141. The van der Waals surface area contributed by atoms with Gasteiger partial charge in [0, 0.05) is 17.1 Å². The fourth-order valence-corrected chi connectivity index (χ4v) is 7.18. The lowest BCUT2D eigenvalue weighted by Crippen LogP contribution is -2.33. The SMILES string of the molecule is COc1cc([C@@H]2c3cc4c(cc3[C@@H](Sc3nc5ccccc5[nH]3)[C@H]3COC(=O)[C@H]23)OCO4)cc(OC)c1O. The number of H-pyrrole nitrogens is 1. The normalized spacial score (nSPS) is 23.2. The number of aromatic nitrogens is 2. The van der Waals surface area contributed by atoms with Crippen LogP contribution in [0.5, 0.6) is 28.7 Å². The molecule has 0 unspecified atom stereocenters. The number of imidazole rings is 1. The fourth-order valence-electron chi connectivity index (χ4n) is 5.86. The Balaban J connectivity index is 1.41. The Hall–Kier alpha value is -4.05. The number of fused-ring (bicyclic) bond motifs is 4. The zero-order valence-electron chi connectivity index (χ0n) is 20.6. The first-order valence-electron chi connectivity index (χ1n) is 12.2. The highest BCUT2D eigenvalue weighted by atomic mass is 32.2. The van der Waals surface area contributed by atoms with Crippen molar-refractivity contribution in [1.29, 1.82) is 0 Å². The Labute approximate surface area is 222 Å². The molecule has 3 aliphatic rings. The van der Waals surface area contributed by atoms with E-state index in [4.69, 9.17) is 28.7 Å². The lowest BCUT2D eigenvalue weighted by Gasteiger charge is -2.38. The Bertz CT molecular complexity index is 1530. The molecule has 10 heteroatoms. The van der Waals surface area contributed by atoms with Gasteiger partial charge >= 0.3 is 5.97 Å². The summed E-state index contributed by atoms with van der Waals surface area (Å²) in [4.78, 5) is 21.5. The minimum Gasteiger partial charge on any atom is -0.502 e. The van der Waals surface area contributed by atoms with Crippen LogP contribution in [0.25, 0.3) is 11.0 Å². The molecule has 0 saturated carbocycles. The van der Waals surface area contributed by atoms with Crippen LogP contribution in [-0.2, 0) is 9.53 Å². The van der Waals surface area contributed by atoms with E-state index in [1.54, 1.807) is 23.9 Å². The average Bonchev–Trinajstić information content (AvgIpc) is 3.66. The third kappa shape index (κ3) is 3.47. The number of thioether (sulfide) groups is 1. The average molecular weight is 533 g/mol. The molecule has 194 valence electrons. The van der Waals surface area contributed by atoms with Crippen LogP contribution >= 0.6 is 11.8 Å². The molecule has 2 aliphatic heterocycles. The second-order valence-corrected chi connectivity index (χ2v) is 10.6. The van der Waals surface area contributed by atoms with Gasteiger partial charge in [0.25, 0.3) is 0 Å². The number of esters is 1. The van der Waals surface area contributed by atoms with Crippen LogP contribution in [0.1, 0.15) is 27.9 Å². The van der Waals surface area contributed by atoms with E-state index >= 15 is 0 Å². The molecule has 1 saturated heterocycles. The van der Waals surface area contributed by atoms with Crippen molar-refractivity contribution >= 4 is 28.8 Å². The van der Waals surface area contributed by atoms with E-state index in [0.717, 1.165) is 32.9 Å². The van der Waals surface area contributed by atoms with Crippen molar-refractivity contribution in [1.82, 2.24) is 9.97 Å². The molecule has 3 aromatic carbocycles. The van der Waals surface area contributed by atoms with Gasteiger partial charge < -0.3 is 33.8 Å². The van der Waals surface area contributed by atoms with Gasteiger partial charge in [0.15, 0.2) is 28.2 Å². The van der Waals surface area contributed by atoms with E-state index in [1.807, 2.05) is 36.4 Å². The highest BCUT2D eigenvalue weighted by Crippen LogP contribution is 2.59. The molecule has 0 radical (unpaired) electrons. The van der Waals surface area contributed by atoms with Crippen molar-refractivity contribution in [3.8, 4) is 28.7 Å². The summed E-state index contributed by atoms with van der Waals surface area (Å²) in [5.74, 6) is 0.495. The van der Waals surface area contributed by atoms with E-state index in [2.05, 4.69) is 4.98 Å². The van der Waals surface area contributed by atoms with Gasteiger partial charge in [-0.1, -0.05) is 23.9 Å². The highest BCUT2D eigenvalue weighted by molar-refractivity contribution is 7.99. The van der Waals surface area contributed by atoms with E-state index in [-0.39, 0.29) is 53.7 Å². The van der Waals surface area contributed by atoms with Gasteiger partial charge in [-0.15, -0.1) is 0 Å². The maximum absolute atomic E-state index is 13.3. The number of nitrogens with one attached hydrogen (secondary N) is 1. The largest absolute Gasteiger partial charge is 0.502 e. The van der Waals surface area contributed by atoms with Gasteiger partial charge in [0.05, 0.1) is 37.8 Å². The maximum Gasteiger partial charge on any atom is 0.310 e. The van der Waals surface area contributed by atoms with Crippen LogP contribution in [0.4, 0.5) is 0 Å². The Kier molecular flexibility index (Phi) is 5.33. The van der Waals surface area contributed by atoms with Crippen LogP contribution in [0.15, 0.2) is 53.7 Å². The topological polar surface area (TPSA) is 112 Å². The molecule has 2 N–H and O–H groups in total. The van der Waals surface area contributed by atoms with Gasteiger partial charge in [-0.3, -0.25) is 4.79 Å². The minimum absolute atomic E-state index is 0.0932. The molecule has 1 aromatic heterocycles. The molecule has 1 aliphatic carbocycles. The van der Waals surface area contributed by atoms with Crippen LogP contribution < -0.4 is 18.9 Å². The lowest BCUT2D eigenvalue weighted by atomic mass is 9.67. The number of para-hydroxylation sites is 2. The molecule has 4 atom stereocenters. The van der Waals surface area contributed by atoms with Crippen molar-refractivity contribution in [2.75, 3.05) is 27.6 Å². The summed E-state index contributed by atoms with van der Waals surface area (Å²) in [6.07, 6.45) is 0. The first-order chi connectivity index (χ1) is 18.6. The number of benzene rings is 3. The maximum atomic E-state index is 13.3. The number of hydrogen-bond donors (Lipinski definition) is 2. The number of carbonyl (C=O) groups excluding carboxylic acids is 1. The summed E-state index contributed by atoms with van der Waals surface area (Å²) in [5.41, 5.74) is 4.56. The van der Waals surface area contributed by atoms with E-state index in [9.17, 15) is 9.90 Å². The molecule has 3 heterocycles. The van der Waals surface area contributed by atoms with Gasteiger partial charge in [0.2, 0.25) is 12.5 Å². The summed E-state index contributed by atoms with van der Waals surface area (Å²) in [6.45, 7) is 0.429. The molecule has 7 rings (SSSR count). The quantitative estimate of drug-likeness (QED) is 0.351. The summed E-state index contributed by atoms with van der Waals surface area (Å²) in [5, 5.41) is 11.2. The van der Waals surface area contributed by atoms with Gasteiger partial charge in [-0.25, -0.2) is 4.98 Å². The molecule has 9 nitrogen and oxygen atoms in total. The first kappa shape index (κ1) is 23.1. The number of nitrogens with zero attached hydrogens (tertiary/aromatic N) is 1. The number of hydrogen-bond acceptors (Lipinski definition) is 9. The Morgan fingerprint density at radius 3 is 2.42 bits per heavy atom. The molecular weight excluding hydrogens is 508 g/mol. The monoisotopic (exact) mass is 532 g/mol. The smallest absolute Gasteiger partial charge is 0.310 e. The predicted molar refractivity (Wildman–Crippen MR) is 138 cm³/mol. The molecule has 0 bridgehead atoms. The van der Waals surface area contributed by atoms with E-state index in [0.29, 0.717) is 11.5 Å². The summed E-state index contributed by atoms with van der Waals surface area (Å²) in [6, 6.07) is 15.4. The second kappa shape index (κ2) is 8.76. The van der Waals surface area contributed by atoms with Crippen molar-refractivity contribution in [2.45, 2.75) is 16.3 Å². The Morgan fingerprint density at radius 2 is 1.71 bits per heavy atom. The molecule has 38 heavy (non-hydrogen) atoms. The van der Waals surface area contributed by atoms with Crippen molar-refractivity contribution in [2.24, 2.45) is 11.8 Å².